The molecule has 230 valence electrons. The molecular weight excluding hydrogens is 570 g/mol. The van der Waals surface area contributed by atoms with Crippen molar-refractivity contribution in [2.45, 2.75) is 58.5 Å². The van der Waals surface area contributed by atoms with Gasteiger partial charge in [-0.1, -0.05) is 78.4 Å². The molecule has 0 fully saturated rings. The third-order valence-corrected chi connectivity index (χ3v) is 9.68. The van der Waals surface area contributed by atoms with Gasteiger partial charge in [0.1, 0.15) is 12.6 Å². The van der Waals surface area contributed by atoms with Gasteiger partial charge in [0.05, 0.1) is 10.6 Å². The highest BCUT2D eigenvalue weighted by Gasteiger charge is 2.34. The second kappa shape index (κ2) is 14.4. The van der Waals surface area contributed by atoms with Crippen molar-refractivity contribution in [3.05, 3.63) is 130 Å². The van der Waals surface area contributed by atoms with Crippen molar-refractivity contribution >= 4 is 27.5 Å². The molecule has 0 bridgehead atoms. The molecule has 0 aliphatic carbocycles. The quantitative estimate of drug-likeness (QED) is 0.216. The third-order valence-electron chi connectivity index (χ3n) is 7.89. The van der Waals surface area contributed by atoms with Crippen LogP contribution in [0.4, 0.5) is 5.69 Å². The van der Waals surface area contributed by atoms with Gasteiger partial charge < -0.3 is 10.2 Å². The number of hydrogen-bond acceptors (Lipinski definition) is 4. The van der Waals surface area contributed by atoms with Gasteiger partial charge >= 0.3 is 0 Å². The maximum Gasteiger partial charge on any atom is 0.264 e. The summed E-state index contributed by atoms with van der Waals surface area (Å²) >= 11 is 0. The van der Waals surface area contributed by atoms with E-state index in [-0.39, 0.29) is 23.8 Å². The lowest BCUT2D eigenvalue weighted by molar-refractivity contribution is -0.140. The molecule has 0 spiro atoms. The van der Waals surface area contributed by atoms with E-state index in [2.05, 4.69) is 5.32 Å². The highest BCUT2D eigenvalue weighted by Crippen LogP contribution is 2.27. The number of carbonyl (C=O) groups is 2. The number of amides is 2. The monoisotopic (exact) mass is 611 g/mol. The summed E-state index contributed by atoms with van der Waals surface area (Å²) in [5.74, 6) is -0.772. The standard InChI is InChI=1S/C36H41N3O4S/c1-6-37-36(41)34(23-30-13-8-7-9-14-30)38(24-31-15-11-10-12-28(31)4)35(40)25-39(32-19-18-27(3)29(5)22-32)44(42,43)33-20-16-26(2)17-21-33/h7-22,34H,6,23-25H2,1-5H3,(H,37,41). The van der Waals surface area contributed by atoms with Gasteiger partial charge in [-0.25, -0.2) is 8.42 Å². The first-order valence-corrected chi connectivity index (χ1v) is 16.3. The van der Waals surface area contributed by atoms with E-state index in [4.69, 9.17) is 0 Å². The molecule has 1 N–H and O–H groups in total. The molecule has 8 heteroatoms. The molecule has 0 heterocycles. The van der Waals surface area contributed by atoms with Gasteiger partial charge in [0.25, 0.3) is 10.0 Å². The van der Waals surface area contributed by atoms with E-state index in [1.807, 2.05) is 95.3 Å². The first kappa shape index (κ1) is 32.5. The number of aryl methyl sites for hydroxylation is 4. The summed E-state index contributed by atoms with van der Waals surface area (Å²) < 4.78 is 29.5. The lowest BCUT2D eigenvalue weighted by Gasteiger charge is -2.34. The SMILES string of the molecule is CCNC(=O)C(Cc1ccccc1)N(Cc1ccccc1C)C(=O)CN(c1ccc(C)c(C)c1)S(=O)(=O)c1ccc(C)cc1. The number of anilines is 1. The van der Waals surface area contributed by atoms with Crippen molar-refractivity contribution in [2.24, 2.45) is 0 Å². The van der Waals surface area contributed by atoms with Gasteiger partial charge in [-0.3, -0.25) is 13.9 Å². The summed E-state index contributed by atoms with van der Waals surface area (Å²) in [4.78, 5) is 29.7. The van der Waals surface area contributed by atoms with Gasteiger partial charge in [-0.15, -0.1) is 0 Å². The van der Waals surface area contributed by atoms with Crippen molar-refractivity contribution in [2.75, 3.05) is 17.4 Å². The van der Waals surface area contributed by atoms with Gasteiger partial charge in [0.15, 0.2) is 0 Å². The van der Waals surface area contributed by atoms with Crippen molar-refractivity contribution < 1.29 is 18.0 Å². The second-order valence-corrected chi connectivity index (χ2v) is 13.0. The Bertz CT molecular complexity index is 1700. The Kier molecular flexibility index (Phi) is 10.6. The fraction of sp³-hybridized carbons (Fsp3) is 0.278. The number of rotatable bonds is 12. The van der Waals surface area contributed by atoms with Gasteiger partial charge in [-0.2, -0.15) is 0 Å². The number of nitrogens with zero attached hydrogens (tertiary/aromatic N) is 2. The van der Waals surface area contributed by atoms with Crippen LogP contribution in [0.15, 0.2) is 102 Å². The number of likely N-dealkylation sites (N-methyl/N-ethyl adjacent to an activating group) is 1. The van der Waals surface area contributed by atoms with Crippen LogP contribution in [0.2, 0.25) is 0 Å². The Hall–Kier alpha value is -4.43. The Labute approximate surface area is 261 Å². The molecule has 0 radical (unpaired) electrons. The molecule has 1 unspecified atom stereocenters. The first-order valence-electron chi connectivity index (χ1n) is 14.8. The summed E-state index contributed by atoms with van der Waals surface area (Å²) in [5.41, 5.74) is 5.96. The minimum atomic E-state index is -4.14. The highest BCUT2D eigenvalue weighted by molar-refractivity contribution is 7.92. The molecular formula is C36H41N3O4S. The minimum Gasteiger partial charge on any atom is -0.355 e. The molecule has 0 aliphatic heterocycles. The van der Waals surface area contributed by atoms with Crippen LogP contribution in [0.5, 0.6) is 0 Å². The Morgan fingerprint density at radius 3 is 2.07 bits per heavy atom. The average Bonchev–Trinajstić information content (AvgIpc) is 3.00. The van der Waals surface area contributed by atoms with E-state index in [0.717, 1.165) is 37.7 Å². The number of benzene rings is 4. The van der Waals surface area contributed by atoms with E-state index in [1.54, 1.807) is 36.4 Å². The van der Waals surface area contributed by atoms with E-state index in [9.17, 15) is 18.0 Å². The van der Waals surface area contributed by atoms with Crippen LogP contribution in [-0.4, -0.2) is 44.3 Å². The molecule has 0 saturated carbocycles. The van der Waals surface area contributed by atoms with Crippen LogP contribution in [0, 0.1) is 27.7 Å². The predicted octanol–water partition coefficient (Wildman–Crippen LogP) is 5.89. The lowest BCUT2D eigenvalue weighted by Crippen LogP contribution is -2.53. The summed E-state index contributed by atoms with van der Waals surface area (Å²) in [6.07, 6.45) is 0.276. The summed E-state index contributed by atoms with van der Waals surface area (Å²) in [6.45, 7) is 9.60. The summed E-state index contributed by atoms with van der Waals surface area (Å²) in [5, 5.41) is 2.90. The zero-order chi connectivity index (χ0) is 31.9. The summed E-state index contributed by atoms with van der Waals surface area (Å²) in [7, 11) is -4.14. The number of nitrogens with one attached hydrogen (secondary N) is 1. The van der Waals surface area contributed by atoms with Crippen molar-refractivity contribution in [3.8, 4) is 0 Å². The minimum absolute atomic E-state index is 0.0872. The maximum absolute atomic E-state index is 14.5. The van der Waals surface area contributed by atoms with E-state index < -0.39 is 28.5 Å². The van der Waals surface area contributed by atoms with Crippen LogP contribution < -0.4 is 9.62 Å². The molecule has 7 nitrogen and oxygen atoms in total. The average molecular weight is 612 g/mol. The first-order chi connectivity index (χ1) is 21.0. The van der Waals surface area contributed by atoms with Crippen LogP contribution in [0.3, 0.4) is 0 Å². The molecule has 1 atom stereocenters. The number of hydrogen-bond donors (Lipinski definition) is 1. The maximum atomic E-state index is 14.5. The van der Waals surface area contributed by atoms with Crippen LogP contribution in [0.25, 0.3) is 0 Å². The fourth-order valence-electron chi connectivity index (χ4n) is 5.06. The topological polar surface area (TPSA) is 86.8 Å². The van der Waals surface area contributed by atoms with Gasteiger partial charge in [-0.05, 0) is 86.7 Å². The van der Waals surface area contributed by atoms with Crippen LogP contribution in [0.1, 0.15) is 40.3 Å². The predicted molar refractivity (Wildman–Crippen MR) is 176 cm³/mol. The molecule has 0 saturated heterocycles. The number of carbonyl (C=O) groups excluding carboxylic acids is 2. The largest absolute Gasteiger partial charge is 0.355 e. The molecule has 44 heavy (non-hydrogen) atoms. The van der Waals surface area contributed by atoms with Crippen molar-refractivity contribution in [1.29, 1.82) is 0 Å². The van der Waals surface area contributed by atoms with Gasteiger partial charge in [0.2, 0.25) is 11.8 Å². The lowest BCUT2D eigenvalue weighted by atomic mass is 10.0. The van der Waals surface area contributed by atoms with Gasteiger partial charge in [0, 0.05) is 19.5 Å². The third kappa shape index (κ3) is 7.74. The highest BCUT2D eigenvalue weighted by atomic mass is 32.2. The summed E-state index contributed by atoms with van der Waals surface area (Å²) in [6, 6.07) is 28.3. The number of sulfonamides is 1. The fourth-order valence-corrected chi connectivity index (χ4v) is 6.47. The molecule has 4 aromatic rings. The van der Waals surface area contributed by atoms with Crippen LogP contribution in [-0.2, 0) is 32.6 Å². The Balaban J connectivity index is 1.82. The molecule has 0 aromatic heterocycles. The van der Waals surface area contributed by atoms with Crippen molar-refractivity contribution in [1.82, 2.24) is 10.2 Å². The van der Waals surface area contributed by atoms with E-state index in [0.29, 0.717) is 12.2 Å². The Morgan fingerprint density at radius 1 is 0.773 bits per heavy atom. The van der Waals surface area contributed by atoms with Crippen LogP contribution >= 0.6 is 0 Å². The molecule has 0 aliphatic rings. The zero-order valence-corrected chi connectivity index (χ0v) is 26.9. The zero-order valence-electron chi connectivity index (χ0n) is 26.1. The molecule has 4 rings (SSSR count). The van der Waals surface area contributed by atoms with E-state index in [1.165, 1.54) is 4.90 Å². The smallest absolute Gasteiger partial charge is 0.264 e. The molecule has 2 amide bonds. The molecule has 4 aromatic carbocycles. The Morgan fingerprint density at radius 2 is 1.43 bits per heavy atom. The second-order valence-electron chi connectivity index (χ2n) is 11.1. The normalized spacial score (nSPS) is 11.9. The van der Waals surface area contributed by atoms with E-state index >= 15 is 0 Å². The van der Waals surface area contributed by atoms with Crippen molar-refractivity contribution in [3.63, 3.8) is 0 Å².